The molecule has 0 heterocycles. The first kappa shape index (κ1) is 17.7. The summed E-state index contributed by atoms with van der Waals surface area (Å²) in [6.45, 7) is 7.98. The smallest absolute Gasteiger partial charge is 0.251 e. The molecule has 122 valence electrons. The van der Waals surface area contributed by atoms with E-state index in [1.807, 2.05) is 24.3 Å². The number of halogens is 1. The summed E-state index contributed by atoms with van der Waals surface area (Å²) >= 11 is 3.37. The van der Waals surface area contributed by atoms with Crippen LogP contribution in [-0.2, 0) is 13.1 Å². The van der Waals surface area contributed by atoms with Gasteiger partial charge in [0.1, 0.15) is 0 Å². The molecular weight excluding hydrogens is 352 g/mol. The molecule has 3 nitrogen and oxygen atoms in total. The maximum Gasteiger partial charge on any atom is 0.251 e. The predicted molar refractivity (Wildman–Crippen MR) is 98.4 cm³/mol. The molecule has 1 N–H and O–H groups in total. The Labute approximate surface area is 146 Å². The van der Waals surface area contributed by atoms with Gasteiger partial charge in [0.05, 0.1) is 0 Å². The Hall–Kier alpha value is -1.65. The maximum absolute atomic E-state index is 12.1. The quantitative estimate of drug-likeness (QED) is 0.786. The minimum Gasteiger partial charge on any atom is -0.348 e. The van der Waals surface area contributed by atoms with Crippen LogP contribution >= 0.6 is 15.9 Å². The molecule has 0 bridgehead atoms. The van der Waals surface area contributed by atoms with Gasteiger partial charge in [-0.15, -0.1) is 0 Å². The maximum atomic E-state index is 12.1. The van der Waals surface area contributed by atoms with Crippen molar-refractivity contribution in [2.75, 3.05) is 13.1 Å². The Morgan fingerprint density at radius 2 is 1.52 bits per heavy atom. The molecule has 2 aromatic carbocycles. The fourth-order valence-corrected chi connectivity index (χ4v) is 2.62. The third-order valence-electron chi connectivity index (χ3n) is 3.88. The monoisotopic (exact) mass is 374 g/mol. The molecule has 0 spiro atoms. The number of hydrogen-bond donors (Lipinski definition) is 1. The van der Waals surface area contributed by atoms with E-state index in [0.29, 0.717) is 12.1 Å². The molecule has 4 heteroatoms. The molecule has 23 heavy (non-hydrogen) atoms. The summed E-state index contributed by atoms with van der Waals surface area (Å²) in [5, 5.41) is 2.95. The summed E-state index contributed by atoms with van der Waals surface area (Å²) in [6, 6.07) is 15.8. The molecule has 0 radical (unpaired) electrons. The molecule has 0 saturated heterocycles. The minimum absolute atomic E-state index is 0.0512. The fraction of sp³-hybridized carbons (Fsp3) is 0.316. The van der Waals surface area contributed by atoms with Crippen LogP contribution in [0.1, 0.15) is 35.3 Å². The Morgan fingerprint density at radius 1 is 0.957 bits per heavy atom. The first-order valence-electron chi connectivity index (χ1n) is 7.96. The minimum atomic E-state index is -0.0512. The fourth-order valence-electron chi connectivity index (χ4n) is 2.35. The molecule has 1 amide bonds. The third kappa shape index (κ3) is 5.48. The molecule has 2 aromatic rings. The highest BCUT2D eigenvalue weighted by atomic mass is 79.9. The van der Waals surface area contributed by atoms with E-state index in [1.54, 1.807) is 0 Å². The van der Waals surface area contributed by atoms with Crippen LogP contribution in [0.25, 0.3) is 0 Å². The lowest BCUT2D eigenvalue weighted by molar-refractivity contribution is 0.0951. The standard InChI is InChI=1S/C19H23BrN2O/c1-3-22(4-2)14-16-7-5-15(6-8-16)13-21-19(23)17-9-11-18(20)12-10-17/h5-12H,3-4,13-14H2,1-2H3,(H,21,23). The van der Waals surface area contributed by atoms with Crippen LogP contribution in [0.2, 0.25) is 0 Å². The highest BCUT2D eigenvalue weighted by Crippen LogP contribution is 2.11. The number of nitrogens with zero attached hydrogens (tertiary/aromatic N) is 1. The molecule has 0 aliphatic carbocycles. The SMILES string of the molecule is CCN(CC)Cc1ccc(CNC(=O)c2ccc(Br)cc2)cc1. The van der Waals surface area contributed by atoms with Crippen molar-refractivity contribution < 1.29 is 4.79 Å². The number of benzene rings is 2. The number of nitrogens with one attached hydrogen (secondary N) is 1. The first-order valence-corrected chi connectivity index (χ1v) is 8.75. The van der Waals surface area contributed by atoms with Crippen LogP contribution in [0.4, 0.5) is 0 Å². The summed E-state index contributed by atoms with van der Waals surface area (Å²) in [5.41, 5.74) is 3.08. The van der Waals surface area contributed by atoms with Crippen LogP contribution in [-0.4, -0.2) is 23.9 Å². The molecule has 0 unspecified atom stereocenters. The van der Waals surface area contributed by atoms with Gasteiger partial charge in [-0.2, -0.15) is 0 Å². The van der Waals surface area contributed by atoms with E-state index in [9.17, 15) is 4.79 Å². The highest BCUT2D eigenvalue weighted by Gasteiger charge is 2.05. The van der Waals surface area contributed by atoms with E-state index in [-0.39, 0.29) is 5.91 Å². The summed E-state index contributed by atoms with van der Waals surface area (Å²) in [7, 11) is 0. The van der Waals surface area contributed by atoms with Gasteiger partial charge in [-0.25, -0.2) is 0 Å². The van der Waals surface area contributed by atoms with Gasteiger partial charge >= 0.3 is 0 Å². The van der Waals surface area contributed by atoms with Crippen molar-refractivity contribution in [2.24, 2.45) is 0 Å². The van der Waals surface area contributed by atoms with Crippen molar-refractivity contribution in [3.8, 4) is 0 Å². The Bertz CT molecular complexity index is 619. The second kappa shape index (κ2) is 8.85. The van der Waals surface area contributed by atoms with Gasteiger partial charge in [-0.05, 0) is 48.5 Å². The first-order chi connectivity index (χ1) is 11.1. The molecule has 0 atom stereocenters. The van der Waals surface area contributed by atoms with E-state index in [4.69, 9.17) is 0 Å². The van der Waals surface area contributed by atoms with Crippen molar-refractivity contribution in [2.45, 2.75) is 26.9 Å². The summed E-state index contributed by atoms with van der Waals surface area (Å²) in [4.78, 5) is 14.5. The highest BCUT2D eigenvalue weighted by molar-refractivity contribution is 9.10. The second-order valence-electron chi connectivity index (χ2n) is 5.47. The van der Waals surface area contributed by atoms with E-state index < -0.39 is 0 Å². The average Bonchev–Trinajstić information content (AvgIpc) is 2.59. The zero-order chi connectivity index (χ0) is 16.7. The van der Waals surface area contributed by atoms with Crippen molar-refractivity contribution in [1.82, 2.24) is 10.2 Å². The second-order valence-corrected chi connectivity index (χ2v) is 6.38. The van der Waals surface area contributed by atoms with Crippen LogP contribution < -0.4 is 5.32 Å². The van der Waals surface area contributed by atoms with Gasteiger partial charge in [0.25, 0.3) is 5.91 Å². The molecular formula is C19H23BrN2O. The van der Waals surface area contributed by atoms with E-state index >= 15 is 0 Å². The van der Waals surface area contributed by atoms with Crippen molar-refractivity contribution in [3.05, 3.63) is 69.7 Å². The lowest BCUT2D eigenvalue weighted by atomic mass is 10.1. The lowest BCUT2D eigenvalue weighted by Gasteiger charge is -2.18. The van der Waals surface area contributed by atoms with Gasteiger partial charge in [0.2, 0.25) is 0 Å². The Morgan fingerprint density at radius 3 is 2.09 bits per heavy atom. The van der Waals surface area contributed by atoms with E-state index in [2.05, 4.69) is 64.3 Å². The molecule has 0 saturated carbocycles. The third-order valence-corrected chi connectivity index (χ3v) is 4.41. The summed E-state index contributed by atoms with van der Waals surface area (Å²) in [5.74, 6) is -0.0512. The number of carbonyl (C=O) groups is 1. The van der Waals surface area contributed by atoms with Crippen molar-refractivity contribution in [1.29, 1.82) is 0 Å². The van der Waals surface area contributed by atoms with Gasteiger partial charge in [0.15, 0.2) is 0 Å². The molecule has 2 rings (SSSR count). The van der Waals surface area contributed by atoms with Gasteiger partial charge in [0, 0.05) is 23.1 Å². The Balaban J connectivity index is 1.88. The predicted octanol–water partition coefficient (Wildman–Crippen LogP) is 4.22. The van der Waals surface area contributed by atoms with Gasteiger partial charge in [-0.3, -0.25) is 9.69 Å². The molecule has 0 fully saturated rings. The number of rotatable bonds is 7. The van der Waals surface area contributed by atoms with Crippen LogP contribution in [0.5, 0.6) is 0 Å². The topological polar surface area (TPSA) is 32.3 Å². The molecule has 0 aliphatic heterocycles. The van der Waals surface area contributed by atoms with E-state index in [0.717, 1.165) is 29.7 Å². The summed E-state index contributed by atoms with van der Waals surface area (Å²) < 4.78 is 0.970. The van der Waals surface area contributed by atoms with Crippen molar-refractivity contribution in [3.63, 3.8) is 0 Å². The normalized spacial score (nSPS) is 10.8. The zero-order valence-electron chi connectivity index (χ0n) is 13.7. The largest absolute Gasteiger partial charge is 0.348 e. The zero-order valence-corrected chi connectivity index (χ0v) is 15.3. The molecule has 0 aliphatic rings. The van der Waals surface area contributed by atoms with Crippen LogP contribution in [0.15, 0.2) is 53.0 Å². The Kier molecular flexibility index (Phi) is 6.81. The lowest BCUT2D eigenvalue weighted by Crippen LogP contribution is -2.23. The van der Waals surface area contributed by atoms with Crippen LogP contribution in [0.3, 0.4) is 0 Å². The van der Waals surface area contributed by atoms with Crippen molar-refractivity contribution >= 4 is 21.8 Å². The van der Waals surface area contributed by atoms with Gasteiger partial charge < -0.3 is 5.32 Å². The number of amides is 1. The average molecular weight is 375 g/mol. The van der Waals surface area contributed by atoms with Gasteiger partial charge in [-0.1, -0.05) is 54.0 Å². The molecule has 0 aromatic heterocycles. The van der Waals surface area contributed by atoms with E-state index in [1.165, 1.54) is 5.56 Å². The van der Waals surface area contributed by atoms with Crippen LogP contribution in [0, 0.1) is 0 Å². The number of hydrogen-bond acceptors (Lipinski definition) is 2. The summed E-state index contributed by atoms with van der Waals surface area (Å²) in [6.07, 6.45) is 0. The number of carbonyl (C=O) groups excluding carboxylic acids is 1.